The van der Waals surface area contributed by atoms with Gasteiger partial charge in [-0.05, 0) is 56.9 Å². The predicted molar refractivity (Wildman–Crippen MR) is 89.7 cm³/mol. The van der Waals surface area contributed by atoms with E-state index < -0.39 is 0 Å². The minimum atomic E-state index is -0.299. The Balaban J connectivity index is 1.99. The zero-order valence-electron chi connectivity index (χ0n) is 13.5. The van der Waals surface area contributed by atoms with Gasteiger partial charge >= 0.3 is 0 Å². The van der Waals surface area contributed by atoms with Crippen LogP contribution in [-0.2, 0) is 9.59 Å². The Hall–Kier alpha value is -1.49. The van der Waals surface area contributed by atoms with Gasteiger partial charge in [-0.1, -0.05) is 6.07 Å². The maximum atomic E-state index is 12.6. The SMILES string of the molecule is Cc1ccc(SC(C)C(=O)N2CCCC(C(N)=O)C2)cc1C. The first-order valence-corrected chi connectivity index (χ1v) is 8.58. The van der Waals surface area contributed by atoms with Crippen LogP contribution in [-0.4, -0.2) is 35.1 Å². The van der Waals surface area contributed by atoms with E-state index >= 15 is 0 Å². The Morgan fingerprint density at radius 3 is 2.68 bits per heavy atom. The highest BCUT2D eigenvalue weighted by molar-refractivity contribution is 8.00. The Kier molecular flexibility index (Phi) is 5.51. The molecular formula is C17H24N2O2S. The van der Waals surface area contributed by atoms with Crippen molar-refractivity contribution in [3.8, 4) is 0 Å². The molecule has 2 N–H and O–H groups in total. The summed E-state index contributed by atoms with van der Waals surface area (Å²) in [5.74, 6) is -0.405. The van der Waals surface area contributed by atoms with Gasteiger partial charge in [0.25, 0.3) is 0 Å². The average molecular weight is 320 g/mol. The average Bonchev–Trinajstić information content (AvgIpc) is 2.50. The molecule has 2 unspecified atom stereocenters. The summed E-state index contributed by atoms with van der Waals surface area (Å²) in [7, 11) is 0. The Morgan fingerprint density at radius 2 is 2.05 bits per heavy atom. The van der Waals surface area contributed by atoms with Crippen LogP contribution >= 0.6 is 11.8 Å². The summed E-state index contributed by atoms with van der Waals surface area (Å²) in [6, 6.07) is 6.25. The predicted octanol–water partition coefficient (Wildman–Crippen LogP) is 2.51. The zero-order chi connectivity index (χ0) is 16.3. The molecule has 1 saturated heterocycles. The third-order valence-corrected chi connectivity index (χ3v) is 5.36. The van der Waals surface area contributed by atoms with E-state index in [9.17, 15) is 9.59 Å². The van der Waals surface area contributed by atoms with Crippen LogP contribution in [0.2, 0.25) is 0 Å². The van der Waals surface area contributed by atoms with E-state index in [0.717, 1.165) is 24.3 Å². The second-order valence-electron chi connectivity index (χ2n) is 6.03. The third kappa shape index (κ3) is 4.03. The minimum absolute atomic E-state index is 0.0918. The van der Waals surface area contributed by atoms with Gasteiger partial charge in [-0.15, -0.1) is 11.8 Å². The maximum Gasteiger partial charge on any atom is 0.235 e. The molecule has 2 amide bonds. The monoisotopic (exact) mass is 320 g/mol. The number of hydrogen-bond acceptors (Lipinski definition) is 3. The molecule has 2 rings (SSSR count). The van der Waals surface area contributed by atoms with Gasteiger partial charge in [0.15, 0.2) is 0 Å². The lowest BCUT2D eigenvalue weighted by molar-refractivity contribution is -0.134. The number of nitrogens with zero attached hydrogens (tertiary/aromatic N) is 1. The maximum absolute atomic E-state index is 12.6. The summed E-state index contributed by atoms with van der Waals surface area (Å²) in [6.07, 6.45) is 1.64. The van der Waals surface area contributed by atoms with Gasteiger partial charge in [0.05, 0.1) is 11.2 Å². The summed E-state index contributed by atoms with van der Waals surface area (Å²) in [5.41, 5.74) is 7.86. The second-order valence-corrected chi connectivity index (χ2v) is 7.45. The van der Waals surface area contributed by atoms with E-state index in [4.69, 9.17) is 5.73 Å². The molecule has 0 aliphatic carbocycles. The molecule has 1 heterocycles. The lowest BCUT2D eigenvalue weighted by atomic mass is 9.97. The van der Waals surface area contributed by atoms with E-state index in [1.165, 1.54) is 11.1 Å². The first-order valence-electron chi connectivity index (χ1n) is 7.70. The van der Waals surface area contributed by atoms with Crippen LogP contribution in [0.1, 0.15) is 30.9 Å². The number of primary amides is 1. The van der Waals surface area contributed by atoms with Gasteiger partial charge in [-0.25, -0.2) is 0 Å². The summed E-state index contributed by atoms with van der Waals surface area (Å²) >= 11 is 1.57. The van der Waals surface area contributed by atoms with Crippen molar-refractivity contribution in [1.29, 1.82) is 0 Å². The van der Waals surface area contributed by atoms with Crippen LogP contribution in [0.4, 0.5) is 0 Å². The molecule has 1 aliphatic rings. The fourth-order valence-electron chi connectivity index (χ4n) is 2.71. The number of amides is 2. The molecule has 2 atom stereocenters. The molecule has 1 aromatic rings. The zero-order valence-corrected chi connectivity index (χ0v) is 14.3. The lowest BCUT2D eigenvalue weighted by Gasteiger charge is -2.32. The first kappa shape index (κ1) is 16.9. The number of aryl methyl sites for hydroxylation is 2. The highest BCUT2D eigenvalue weighted by Crippen LogP contribution is 2.27. The van der Waals surface area contributed by atoms with E-state index in [1.807, 2.05) is 6.92 Å². The topological polar surface area (TPSA) is 63.4 Å². The van der Waals surface area contributed by atoms with Crippen molar-refractivity contribution in [2.75, 3.05) is 13.1 Å². The van der Waals surface area contributed by atoms with Gasteiger partial charge in [0, 0.05) is 18.0 Å². The normalized spacial score (nSPS) is 19.8. The van der Waals surface area contributed by atoms with Crippen LogP contribution < -0.4 is 5.73 Å². The number of thioether (sulfide) groups is 1. The number of piperidine rings is 1. The molecule has 0 bridgehead atoms. The van der Waals surface area contributed by atoms with Crippen molar-refractivity contribution in [3.63, 3.8) is 0 Å². The summed E-state index contributed by atoms with van der Waals surface area (Å²) in [6.45, 7) is 7.27. The van der Waals surface area contributed by atoms with Crippen molar-refractivity contribution < 1.29 is 9.59 Å². The van der Waals surface area contributed by atoms with E-state index in [0.29, 0.717) is 6.54 Å². The van der Waals surface area contributed by atoms with Gasteiger partial charge in [-0.2, -0.15) is 0 Å². The van der Waals surface area contributed by atoms with Crippen LogP contribution in [0.15, 0.2) is 23.1 Å². The molecule has 1 aromatic carbocycles. The Bertz CT molecular complexity index is 574. The molecular weight excluding hydrogens is 296 g/mol. The minimum Gasteiger partial charge on any atom is -0.369 e. The number of hydrogen-bond donors (Lipinski definition) is 1. The second kappa shape index (κ2) is 7.18. The van der Waals surface area contributed by atoms with Crippen molar-refractivity contribution in [3.05, 3.63) is 29.3 Å². The molecule has 0 spiro atoms. The molecule has 1 aliphatic heterocycles. The molecule has 22 heavy (non-hydrogen) atoms. The fourth-order valence-corrected chi connectivity index (χ4v) is 3.76. The number of benzene rings is 1. The molecule has 0 radical (unpaired) electrons. The van der Waals surface area contributed by atoms with E-state index in [2.05, 4.69) is 32.0 Å². The smallest absolute Gasteiger partial charge is 0.235 e. The largest absolute Gasteiger partial charge is 0.369 e. The van der Waals surface area contributed by atoms with Crippen molar-refractivity contribution in [2.24, 2.45) is 11.7 Å². The van der Waals surface area contributed by atoms with Gasteiger partial charge in [-0.3, -0.25) is 9.59 Å². The van der Waals surface area contributed by atoms with Gasteiger partial charge in [0.2, 0.25) is 11.8 Å². The molecule has 4 nitrogen and oxygen atoms in total. The molecule has 1 fully saturated rings. The lowest BCUT2D eigenvalue weighted by Crippen LogP contribution is -2.46. The van der Waals surface area contributed by atoms with Crippen LogP contribution in [0, 0.1) is 19.8 Å². The van der Waals surface area contributed by atoms with Gasteiger partial charge in [0.1, 0.15) is 0 Å². The van der Waals surface area contributed by atoms with Crippen molar-refractivity contribution in [1.82, 2.24) is 4.90 Å². The van der Waals surface area contributed by atoms with E-state index in [-0.39, 0.29) is 23.0 Å². The van der Waals surface area contributed by atoms with Crippen molar-refractivity contribution in [2.45, 2.75) is 43.8 Å². The van der Waals surface area contributed by atoms with Crippen LogP contribution in [0.5, 0.6) is 0 Å². The number of carbonyl (C=O) groups excluding carboxylic acids is 2. The number of likely N-dealkylation sites (tertiary alicyclic amines) is 1. The quantitative estimate of drug-likeness (QED) is 0.867. The molecule has 0 aromatic heterocycles. The van der Waals surface area contributed by atoms with Crippen LogP contribution in [0.25, 0.3) is 0 Å². The highest BCUT2D eigenvalue weighted by atomic mass is 32.2. The van der Waals surface area contributed by atoms with Gasteiger partial charge < -0.3 is 10.6 Å². The van der Waals surface area contributed by atoms with Crippen molar-refractivity contribution >= 4 is 23.6 Å². The van der Waals surface area contributed by atoms with Crippen LogP contribution in [0.3, 0.4) is 0 Å². The van der Waals surface area contributed by atoms with E-state index in [1.54, 1.807) is 16.7 Å². The fraction of sp³-hybridized carbons (Fsp3) is 0.529. The number of carbonyl (C=O) groups is 2. The molecule has 0 saturated carbocycles. The number of rotatable bonds is 4. The Morgan fingerprint density at radius 1 is 1.32 bits per heavy atom. The first-order chi connectivity index (χ1) is 10.4. The summed E-state index contributed by atoms with van der Waals surface area (Å²) < 4.78 is 0. The molecule has 120 valence electrons. The summed E-state index contributed by atoms with van der Waals surface area (Å²) in [5, 5.41) is -0.159. The standard InChI is InChI=1S/C17H24N2O2S/c1-11-6-7-15(9-12(11)2)22-13(3)17(21)19-8-4-5-14(10-19)16(18)20/h6-7,9,13-14H,4-5,8,10H2,1-3H3,(H2,18,20). The highest BCUT2D eigenvalue weighted by Gasteiger charge is 2.29. The Labute approximate surface area is 136 Å². The molecule has 5 heteroatoms. The number of nitrogens with two attached hydrogens (primary N) is 1. The summed E-state index contributed by atoms with van der Waals surface area (Å²) in [4.78, 5) is 26.8. The third-order valence-electron chi connectivity index (χ3n) is 4.27.